The van der Waals surface area contributed by atoms with Gasteiger partial charge in [0.2, 0.25) is 0 Å². The minimum atomic E-state index is -0.902. The summed E-state index contributed by atoms with van der Waals surface area (Å²) < 4.78 is 35.9. The van der Waals surface area contributed by atoms with E-state index in [-0.39, 0.29) is 0 Å². The van der Waals surface area contributed by atoms with Crippen molar-refractivity contribution in [3.63, 3.8) is 0 Å². The second kappa shape index (κ2) is 6.95. The number of rotatable bonds is 2. The van der Waals surface area contributed by atoms with Crippen LogP contribution >= 0.6 is 0 Å². The van der Waals surface area contributed by atoms with Gasteiger partial charge in [0, 0.05) is 24.4 Å². The topological polar surface area (TPSA) is 27.1 Å². The summed E-state index contributed by atoms with van der Waals surface area (Å²) in [5.41, 5.74) is 5.64. The molecule has 0 atom stereocenters. The number of fused-ring (bicyclic) bond motifs is 3. The molecule has 0 fully saturated rings. The second-order valence-corrected chi connectivity index (χ2v) is 7.36. The summed E-state index contributed by atoms with van der Waals surface area (Å²) in [6.45, 7) is 2.00. The molecule has 0 saturated heterocycles. The van der Waals surface area contributed by atoms with Crippen LogP contribution in [0.2, 0.25) is 0 Å². The molecule has 0 bridgehead atoms. The molecule has 0 unspecified atom stereocenters. The molecule has 0 amide bonds. The average molecular weight is 400 g/mol. The van der Waals surface area contributed by atoms with Crippen LogP contribution in [0.25, 0.3) is 22.6 Å². The predicted octanol–water partition coefficient (Wildman–Crippen LogP) is 5.98. The Kier molecular flexibility index (Phi) is 4.24. The Labute approximate surface area is 172 Å². The van der Waals surface area contributed by atoms with Gasteiger partial charge < -0.3 is 4.74 Å². The van der Waals surface area contributed by atoms with Crippen LogP contribution in [0.15, 0.2) is 72.9 Å². The van der Waals surface area contributed by atoms with Crippen molar-refractivity contribution in [2.45, 2.75) is 6.92 Å². The quantitative estimate of drug-likeness (QED) is 0.414. The van der Waals surface area contributed by atoms with Crippen molar-refractivity contribution < 1.29 is 13.5 Å². The first kappa shape index (κ1) is 18.3. The SMILES string of the molecule is Cc1ccc(/C(=C2\Oc3ccccc3-c3nn(C)cc32)c2ccc(F)c(F)c2)cc1. The van der Waals surface area contributed by atoms with Crippen molar-refractivity contribution in [1.29, 1.82) is 0 Å². The lowest BCUT2D eigenvalue weighted by Gasteiger charge is -2.23. The maximum absolute atomic E-state index is 14.2. The van der Waals surface area contributed by atoms with Gasteiger partial charge in [-0.05, 0) is 42.3 Å². The predicted molar refractivity (Wildman–Crippen MR) is 113 cm³/mol. The fraction of sp³-hybridized carbons (Fsp3) is 0.0800. The van der Waals surface area contributed by atoms with Gasteiger partial charge in [0.05, 0.1) is 5.56 Å². The van der Waals surface area contributed by atoms with Crippen LogP contribution < -0.4 is 4.74 Å². The van der Waals surface area contributed by atoms with Crippen LogP contribution in [0.4, 0.5) is 8.78 Å². The Morgan fingerprint density at radius 3 is 2.37 bits per heavy atom. The molecule has 1 aliphatic heterocycles. The number of ether oxygens (including phenoxy) is 1. The van der Waals surface area contributed by atoms with E-state index in [0.717, 1.165) is 34.0 Å². The van der Waals surface area contributed by atoms with Crippen molar-refractivity contribution in [1.82, 2.24) is 9.78 Å². The summed E-state index contributed by atoms with van der Waals surface area (Å²) in [5, 5.41) is 4.63. The lowest BCUT2D eigenvalue weighted by atomic mass is 9.91. The molecule has 0 aliphatic carbocycles. The van der Waals surface area contributed by atoms with E-state index >= 15 is 0 Å². The lowest BCUT2D eigenvalue weighted by molar-refractivity contribution is 0.507. The Hall–Kier alpha value is -3.73. The van der Waals surface area contributed by atoms with E-state index in [4.69, 9.17) is 4.74 Å². The van der Waals surface area contributed by atoms with Crippen LogP contribution in [0.1, 0.15) is 22.3 Å². The van der Waals surface area contributed by atoms with Crippen LogP contribution in [0.3, 0.4) is 0 Å². The van der Waals surface area contributed by atoms with Crippen molar-refractivity contribution in [3.8, 4) is 17.0 Å². The second-order valence-electron chi connectivity index (χ2n) is 7.36. The standard InChI is InChI=1S/C25H18F2N2O/c1-15-7-9-16(10-8-15)23(17-11-12-20(26)21(27)13-17)25-19-14-29(2)28-24(19)18-5-3-4-6-22(18)30-25/h3-14H,1-2H3/b25-23+. The fourth-order valence-corrected chi connectivity index (χ4v) is 3.76. The molecule has 5 rings (SSSR count). The highest BCUT2D eigenvalue weighted by Gasteiger charge is 2.28. The summed E-state index contributed by atoms with van der Waals surface area (Å²) >= 11 is 0. The number of para-hydroxylation sites is 1. The number of benzene rings is 3. The first-order valence-corrected chi connectivity index (χ1v) is 9.59. The zero-order valence-electron chi connectivity index (χ0n) is 16.5. The molecule has 4 aromatic rings. The van der Waals surface area contributed by atoms with Crippen molar-refractivity contribution in [2.24, 2.45) is 7.05 Å². The minimum absolute atomic E-state index is 0.530. The van der Waals surface area contributed by atoms with Crippen LogP contribution in [0, 0.1) is 18.6 Å². The molecule has 5 heteroatoms. The number of aromatic nitrogens is 2. The highest BCUT2D eigenvalue weighted by molar-refractivity contribution is 6.01. The largest absolute Gasteiger partial charge is 0.455 e. The monoisotopic (exact) mass is 400 g/mol. The Balaban J connectivity index is 1.84. The number of hydrogen-bond acceptors (Lipinski definition) is 2. The molecule has 148 valence electrons. The molecule has 0 N–H and O–H groups in total. The average Bonchev–Trinajstić information content (AvgIpc) is 3.14. The smallest absolute Gasteiger partial charge is 0.159 e. The van der Waals surface area contributed by atoms with Crippen LogP contribution in [0.5, 0.6) is 5.75 Å². The maximum Gasteiger partial charge on any atom is 0.159 e. The highest BCUT2D eigenvalue weighted by Crippen LogP contribution is 2.45. The molecule has 30 heavy (non-hydrogen) atoms. The molecular weight excluding hydrogens is 382 g/mol. The molecule has 3 nitrogen and oxygen atoms in total. The normalized spacial score (nSPS) is 14.0. The Morgan fingerprint density at radius 1 is 0.867 bits per heavy atom. The summed E-state index contributed by atoms with van der Waals surface area (Å²) in [7, 11) is 1.85. The maximum atomic E-state index is 14.2. The molecule has 0 radical (unpaired) electrons. The number of nitrogens with zero attached hydrogens (tertiary/aromatic N) is 2. The zero-order valence-corrected chi connectivity index (χ0v) is 16.5. The van der Waals surface area contributed by atoms with E-state index in [1.165, 1.54) is 6.07 Å². The van der Waals surface area contributed by atoms with E-state index in [0.29, 0.717) is 22.6 Å². The van der Waals surface area contributed by atoms with Gasteiger partial charge in [0.1, 0.15) is 17.2 Å². The van der Waals surface area contributed by atoms with Gasteiger partial charge in [0.15, 0.2) is 11.6 Å². The van der Waals surface area contributed by atoms with Gasteiger partial charge in [-0.25, -0.2) is 8.78 Å². The summed E-state index contributed by atoms with van der Waals surface area (Å²) in [5.74, 6) is -0.554. The molecule has 0 spiro atoms. The Bertz CT molecular complexity index is 1300. The molecule has 3 aromatic carbocycles. The number of hydrogen-bond donors (Lipinski definition) is 0. The van der Waals surface area contributed by atoms with Crippen molar-refractivity contribution >= 4 is 11.3 Å². The van der Waals surface area contributed by atoms with Gasteiger partial charge in [-0.15, -0.1) is 0 Å². The van der Waals surface area contributed by atoms with Crippen LogP contribution in [-0.4, -0.2) is 9.78 Å². The van der Waals surface area contributed by atoms with Crippen LogP contribution in [-0.2, 0) is 7.05 Å². The highest BCUT2D eigenvalue weighted by atomic mass is 19.2. The zero-order chi connectivity index (χ0) is 20.8. The summed E-state index contributed by atoms with van der Waals surface area (Å²) in [6, 6.07) is 19.5. The molecule has 1 aliphatic rings. The van der Waals surface area contributed by atoms with E-state index in [9.17, 15) is 8.78 Å². The van der Waals surface area contributed by atoms with Crippen molar-refractivity contribution in [3.05, 3.63) is 107 Å². The van der Waals surface area contributed by atoms with Gasteiger partial charge in [0.25, 0.3) is 0 Å². The van der Waals surface area contributed by atoms with Crippen molar-refractivity contribution in [2.75, 3.05) is 0 Å². The fourth-order valence-electron chi connectivity index (χ4n) is 3.76. The molecule has 0 saturated carbocycles. The third-order valence-corrected chi connectivity index (χ3v) is 5.20. The Morgan fingerprint density at radius 2 is 1.60 bits per heavy atom. The lowest BCUT2D eigenvalue weighted by Crippen LogP contribution is -2.07. The number of halogens is 2. The molecule has 2 heterocycles. The first-order valence-electron chi connectivity index (χ1n) is 9.59. The third-order valence-electron chi connectivity index (χ3n) is 5.20. The van der Waals surface area contributed by atoms with Gasteiger partial charge in [-0.1, -0.05) is 48.0 Å². The molecule has 1 aromatic heterocycles. The van der Waals surface area contributed by atoms with E-state index in [2.05, 4.69) is 5.10 Å². The van der Waals surface area contributed by atoms with E-state index in [1.54, 1.807) is 10.7 Å². The van der Waals surface area contributed by atoms with E-state index in [1.807, 2.05) is 68.7 Å². The van der Waals surface area contributed by atoms with Gasteiger partial charge in [-0.3, -0.25) is 4.68 Å². The van der Waals surface area contributed by atoms with Gasteiger partial charge >= 0.3 is 0 Å². The summed E-state index contributed by atoms with van der Waals surface area (Å²) in [6.07, 6.45) is 1.88. The van der Waals surface area contributed by atoms with Gasteiger partial charge in [-0.2, -0.15) is 5.10 Å². The first-order chi connectivity index (χ1) is 14.5. The minimum Gasteiger partial charge on any atom is -0.455 e. The summed E-state index contributed by atoms with van der Waals surface area (Å²) in [4.78, 5) is 0. The number of aryl methyl sites for hydroxylation is 2. The van der Waals surface area contributed by atoms with E-state index < -0.39 is 11.6 Å². The molecular formula is C25H18F2N2O. The third kappa shape index (κ3) is 2.99.